The maximum atomic E-state index is 13.7. The number of fused-ring (bicyclic) bond motifs is 6. The predicted molar refractivity (Wildman–Crippen MR) is 123 cm³/mol. The van der Waals surface area contributed by atoms with E-state index in [4.69, 9.17) is 4.98 Å². The van der Waals surface area contributed by atoms with E-state index in [2.05, 4.69) is 25.7 Å². The summed E-state index contributed by atoms with van der Waals surface area (Å²) in [5.41, 5.74) is 0.185. The molecule has 34 heavy (non-hydrogen) atoms. The van der Waals surface area contributed by atoms with Crippen LogP contribution in [0.2, 0.25) is 0 Å². The fraction of sp³-hybridized carbons (Fsp3) is 0.304. The molecule has 1 N–H and O–H groups in total. The summed E-state index contributed by atoms with van der Waals surface area (Å²) in [6.07, 6.45) is -1.54. The first kappa shape index (κ1) is 22.5. The Hall–Kier alpha value is -3.31. The van der Waals surface area contributed by atoms with E-state index in [1.807, 2.05) is 32.0 Å². The molecule has 1 aliphatic heterocycles. The van der Waals surface area contributed by atoms with Gasteiger partial charge in [-0.3, -0.25) is 9.69 Å². The number of halogens is 3. The van der Waals surface area contributed by atoms with Crippen LogP contribution in [0, 0.1) is 0 Å². The number of pyridine rings is 1. The molecule has 4 aromatic heterocycles. The number of nitrogens with one attached hydrogen (secondary N) is 1. The summed E-state index contributed by atoms with van der Waals surface area (Å²) in [5, 5.41) is 9.15. The molecule has 0 fully saturated rings. The summed E-state index contributed by atoms with van der Waals surface area (Å²) in [7, 11) is -0.392. The molecule has 4 aromatic rings. The van der Waals surface area contributed by atoms with Crippen LogP contribution >= 0.6 is 10.5 Å². The van der Waals surface area contributed by atoms with Gasteiger partial charge in [0.1, 0.15) is 16.8 Å². The molecule has 4 bridgehead atoms. The minimum atomic E-state index is -4.71. The van der Waals surface area contributed by atoms with Crippen molar-refractivity contribution in [2.45, 2.75) is 25.4 Å². The van der Waals surface area contributed by atoms with Crippen molar-refractivity contribution in [1.82, 2.24) is 29.8 Å². The lowest BCUT2D eigenvalue weighted by atomic mass is 10.1. The number of aromatic nitrogens is 4. The zero-order valence-corrected chi connectivity index (χ0v) is 19.3. The van der Waals surface area contributed by atoms with Crippen LogP contribution in [-0.2, 0) is 6.18 Å². The molecule has 0 radical (unpaired) electrons. The number of rotatable bonds is 3. The van der Waals surface area contributed by atoms with Crippen LogP contribution in [0.3, 0.4) is 0 Å². The highest BCUT2D eigenvalue weighted by Gasteiger charge is 2.36. The Morgan fingerprint density at radius 2 is 1.97 bits per heavy atom. The van der Waals surface area contributed by atoms with Gasteiger partial charge < -0.3 is 5.32 Å². The fourth-order valence-corrected chi connectivity index (χ4v) is 6.57. The lowest BCUT2D eigenvalue weighted by Gasteiger charge is -2.24. The van der Waals surface area contributed by atoms with Crippen LogP contribution in [-0.4, -0.2) is 50.0 Å². The van der Waals surface area contributed by atoms with Gasteiger partial charge in [-0.1, -0.05) is 13.8 Å². The number of likely N-dealkylation sites (N-methyl/N-ethyl adjacent to an activating group) is 1. The number of carbonyl (C=O) groups is 1. The fourth-order valence-electron chi connectivity index (χ4n) is 4.23. The maximum Gasteiger partial charge on any atom is 0.433 e. The molecular weight excluding hydrogens is 465 g/mol. The first-order valence-electron chi connectivity index (χ1n) is 10.9. The molecule has 5 rings (SSSR count). The van der Waals surface area contributed by atoms with Crippen molar-refractivity contribution >= 4 is 22.0 Å². The van der Waals surface area contributed by atoms with Crippen LogP contribution in [0.5, 0.6) is 0 Å². The molecule has 0 aromatic carbocycles. The number of thiophene rings is 1. The van der Waals surface area contributed by atoms with E-state index in [0.29, 0.717) is 11.2 Å². The number of nitrogens with zero attached hydrogens (tertiary/aromatic N) is 5. The zero-order chi connectivity index (χ0) is 24.0. The summed E-state index contributed by atoms with van der Waals surface area (Å²) < 4.78 is 42.5. The standard InChI is InChI=1S/C23H21F3N6OS/c1-3-31(4-2)20-13-27-22(33)14-10-17(29-19(11-14)23(24,25)26)15-12-28-32-8-7-16(30-21(15)32)18-6-5-9-34(18)20/h5-12,20H,3-4,13H2,1-2H3/p+1. The second kappa shape index (κ2) is 8.48. The highest BCUT2D eigenvalue weighted by Crippen LogP contribution is 2.43. The van der Waals surface area contributed by atoms with Crippen molar-refractivity contribution in [1.29, 1.82) is 0 Å². The Kier molecular flexibility index (Phi) is 5.61. The average molecular weight is 488 g/mol. The summed E-state index contributed by atoms with van der Waals surface area (Å²) in [5.74, 6) is -0.578. The van der Waals surface area contributed by atoms with E-state index < -0.39 is 28.2 Å². The lowest BCUT2D eigenvalue weighted by molar-refractivity contribution is -0.141. The third kappa shape index (κ3) is 3.84. The molecule has 7 nitrogen and oxygen atoms in total. The van der Waals surface area contributed by atoms with Gasteiger partial charge in [0.25, 0.3) is 5.91 Å². The van der Waals surface area contributed by atoms with Crippen molar-refractivity contribution < 1.29 is 18.0 Å². The monoisotopic (exact) mass is 487 g/mol. The largest absolute Gasteiger partial charge is 0.433 e. The van der Waals surface area contributed by atoms with Crippen molar-refractivity contribution in [3.63, 3.8) is 0 Å². The molecule has 2 unspecified atom stereocenters. The molecule has 1 amide bonds. The Morgan fingerprint density at radius 3 is 2.71 bits per heavy atom. The molecule has 2 atom stereocenters. The highest BCUT2D eigenvalue weighted by atomic mass is 32.2. The van der Waals surface area contributed by atoms with Crippen LogP contribution in [0.25, 0.3) is 27.5 Å². The van der Waals surface area contributed by atoms with E-state index in [1.54, 1.807) is 6.20 Å². The molecule has 0 spiro atoms. The SMILES string of the molecule is CCN(CC)C1CNC(=O)c2cc(nc(C(F)(F)F)c2)-c2cnn3ccc(nc23)-c2ccc[s+]21. The summed E-state index contributed by atoms with van der Waals surface area (Å²) in [6, 6.07) is 8.01. The minimum Gasteiger partial charge on any atom is -0.345 e. The topological polar surface area (TPSA) is 75.4 Å². The summed E-state index contributed by atoms with van der Waals surface area (Å²) in [6.45, 7) is 5.90. The van der Waals surface area contributed by atoms with E-state index in [-0.39, 0.29) is 23.2 Å². The summed E-state index contributed by atoms with van der Waals surface area (Å²) >= 11 is 0. The normalized spacial score (nSPS) is 16.7. The number of amides is 1. The van der Waals surface area contributed by atoms with Gasteiger partial charge in [-0.05, 0) is 24.3 Å². The van der Waals surface area contributed by atoms with Gasteiger partial charge in [0, 0.05) is 41.4 Å². The minimum absolute atomic E-state index is 0.00306. The summed E-state index contributed by atoms with van der Waals surface area (Å²) in [4.78, 5) is 24.9. The first-order chi connectivity index (χ1) is 16.3. The first-order valence-corrected chi connectivity index (χ1v) is 12.2. The highest BCUT2D eigenvalue weighted by molar-refractivity contribution is 7.33. The van der Waals surface area contributed by atoms with Gasteiger partial charge in [0.15, 0.2) is 5.65 Å². The molecule has 0 saturated carbocycles. The van der Waals surface area contributed by atoms with E-state index >= 15 is 0 Å². The Labute approximate surface area is 196 Å². The van der Waals surface area contributed by atoms with Crippen LogP contribution in [0.1, 0.15) is 35.3 Å². The molecule has 176 valence electrons. The predicted octanol–water partition coefficient (Wildman–Crippen LogP) is 4.81. The van der Waals surface area contributed by atoms with Crippen LogP contribution in [0.4, 0.5) is 13.2 Å². The van der Waals surface area contributed by atoms with Gasteiger partial charge in [-0.2, -0.15) is 18.3 Å². The van der Waals surface area contributed by atoms with Crippen LogP contribution < -0.4 is 5.32 Å². The van der Waals surface area contributed by atoms with Gasteiger partial charge in [-0.25, -0.2) is 14.5 Å². The lowest BCUT2D eigenvalue weighted by Crippen LogP contribution is -2.36. The van der Waals surface area contributed by atoms with Gasteiger partial charge >= 0.3 is 6.18 Å². The Balaban J connectivity index is 1.78. The quantitative estimate of drug-likeness (QED) is 0.420. The Morgan fingerprint density at radius 1 is 1.18 bits per heavy atom. The van der Waals surface area contributed by atoms with Gasteiger partial charge in [0.05, 0.1) is 24.0 Å². The number of alkyl halides is 3. The van der Waals surface area contributed by atoms with Gasteiger partial charge in [-0.15, -0.1) is 0 Å². The third-order valence-corrected chi connectivity index (χ3v) is 8.31. The smallest absolute Gasteiger partial charge is 0.345 e. The van der Waals surface area contributed by atoms with E-state index in [1.165, 1.54) is 16.8 Å². The van der Waals surface area contributed by atoms with E-state index in [9.17, 15) is 18.0 Å². The molecular formula is C23H22F3N6OS+. The molecule has 0 aliphatic carbocycles. The van der Waals surface area contributed by atoms with Crippen molar-refractivity contribution in [2.75, 3.05) is 19.6 Å². The number of carbonyl (C=O) groups excluding carboxylic acids is 1. The number of hydrogen-bond donors (Lipinski definition) is 1. The number of hydrogen-bond acceptors (Lipinski definition) is 5. The van der Waals surface area contributed by atoms with E-state index in [0.717, 1.165) is 29.7 Å². The van der Waals surface area contributed by atoms with Crippen molar-refractivity contribution in [2.24, 2.45) is 0 Å². The second-order valence-electron chi connectivity index (χ2n) is 7.88. The average Bonchev–Trinajstić information content (AvgIpc) is 3.47. The molecule has 11 heteroatoms. The third-order valence-electron chi connectivity index (χ3n) is 5.95. The van der Waals surface area contributed by atoms with Crippen molar-refractivity contribution in [3.05, 3.63) is 59.4 Å². The Bertz CT molecular complexity index is 1370. The van der Waals surface area contributed by atoms with Gasteiger partial charge in [0.2, 0.25) is 10.3 Å². The van der Waals surface area contributed by atoms with Crippen LogP contribution in [0.15, 0.2) is 48.1 Å². The molecule has 0 saturated heterocycles. The molecule has 5 heterocycles. The molecule has 1 aliphatic rings. The maximum absolute atomic E-state index is 13.7. The second-order valence-corrected chi connectivity index (χ2v) is 9.88. The van der Waals surface area contributed by atoms with Crippen molar-refractivity contribution in [3.8, 4) is 21.8 Å². The zero-order valence-electron chi connectivity index (χ0n) is 18.5.